The number of carboxylic acids is 1. The SMILES string of the molecule is Cc1ccc(C(CC(=O)O)c2ccc3c(nnn3C)c2C)cc1CN1CCCC1c1nc(C(C)C)n[nH]1.O=CO. The van der Waals surface area contributed by atoms with Crippen molar-refractivity contribution in [2.75, 3.05) is 6.54 Å². The highest BCUT2D eigenvalue weighted by atomic mass is 16.4. The van der Waals surface area contributed by atoms with Gasteiger partial charge in [-0.15, -0.1) is 5.10 Å². The third kappa shape index (κ3) is 6.04. The van der Waals surface area contributed by atoms with Gasteiger partial charge in [0.1, 0.15) is 11.3 Å². The molecule has 1 fully saturated rings. The predicted octanol–water partition coefficient (Wildman–Crippen LogP) is 4.47. The van der Waals surface area contributed by atoms with Gasteiger partial charge in [-0.05, 0) is 67.1 Å². The summed E-state index contributed by atoms with van der Waals surface area (Å²) in [5, 5.41) is 32.8. The molecule has 0 bridgehead atoms. The van der Waals surface area contributed by atoms with Gasteiger partial charge in [0.2, 0.25) is 0 Å². The molecular formula is C29H37N7O4. The Hall–Kier alpha value is -4.12. The van der Waals surface area contributed by atoms with Crippen LogP contribution in [0.2, 0.25) is 0 Å². The van der Waals surface area contributed by atoms with Gasteiger partial charge >= 0.3 is 5.97 Å². The molecule has 1 saturated heterocycles. The summed E-state index contributed by atoms with van der Waals surface area (Å²) in [6, 6.07) is 10.6. The molecule has 0 spiro atoms. The largest absolute Gasteiger partial charge is 0.483 e. The summed E-state index contributed by atoms with van der Waals surface area (Å²) in [6.07, 6.45) is 2.17. The van der Waals surface area contributed by atoms with E-state index in [9.17, 15) is 9.90 Å². The van der Waals surface area contributed by atoms with Gasteiger partial charge in [-0.3, -0.25) is 19.6 Å². The number of likely N-dealkylation sites (tertiary alicyclic amines) is 1. The van der Waals surface area contributed by atoms with Gasteiger partial charge in [-0.2, -0.15) is 5.10 Å². The minimum atomic E-state index is -0.823. The summed E-state index contributed by atoms with van der Waals surface area (Å²) < 4.78 is 1.74. The molecule has 40 heavy (non-hydrogen) atoms. The minimum absolute atomic E-state index is 0.0114. The van der Waals surface area contributed by atoms with Crippen LogP contribution in [0.3, 0.4) is 0 Å². The van der Waals surface area contributed by atoms with Crippen LogP contribution in [-0.2, 0) is 23.2 Å². The zero-order chi connectivity index (χ0) is 29.0. The number of carboxylic acid groups (broad SMARTS) is 2. The number of aromatic nitrogens is 6. The summed E-state index contributed by atoms with van der Waals surface area (Å²) in [5.41, 5.74) is 7.12. The molecule has 212 valence electrons. The van der Waals surface area contributed by atoms with E-state index >= 15 is 0 Å². The second-order valence-electron chi connectivity index (χ2n) is 10.7. The van der Waals surface area contributed by atoms with Gasteiger partial charge < -0.3 is 10.2 Å². The Morgan fingerprint density at radius 2 is 1.98 bits per heavy atom. The molecule has 5 rings (SSSR count). The molecule has 0 amide bonds. The molecule has 2 unspecified atom stereocenters. The maximum Gasteiger partial charge on any atom is 0.304 e. The molecule has 2 aromatic heterocycles. The van der Waals surface area contributed by atoms with E-state index in [-0.39, 0.29) is 30.8 Å². The van der Waals surface area contributed by atoms with E-state index in [4.69, 9.17) is 14.9 Å². The van der Waals surface area contributed by atoms with Gasteiger partial charge in [-0.25, -0.2) is 9.67 Å². The molecule has 1 aliphatic heterocycles. The number of rotatable bonds is 8. The first-order valence-corrected chi connectivity index (χ1v) is 13.5. The van der Waals surface area contributed by atoms with E-state index in [0.717, 1.165) is 65.3 Å². The summed E-state index contributed by atoms with van der Waals surface area (Å²) in [5.74, 6) is 0.977. The number of aryl methyl sites for hydroxylation is 3. The second-order valence-corrected chi connectivity index (χ2v) is 10.7. The zero-order valence-corrected chi connectivity index (χ0v) is 23.6. The Labute approximate surface area is 233 Å². The van der Waals surface area contributed by atoms with Crippen molar-refractivity contribution in [1.82, 2.24) is 35.1 Å². The third-order valence-electron chi connectivity index (χ3n) is 7.70. The lowest BCUT2D eigenvalue weighted by Gasteiger charge is -2.25. The smallest absolute Gasteiger partial charge is 0.304 e. The molecular weight excluding hydrogens is 510 g/mol. The van der Waals surface area contributed by atoms with Gasteiger partial charge in [-0.1, -0.05) is 43.3 Å². The fourth-order valence-corrected chi connectivity index (χ4v) is 5.53. The monoisotopic (exact) mass is 547 g/mol. The molecule has 3 heterocycles. The number of fused-ring (bicyclic) bond motifs is 1. The van der Waals surface area contributed by atoms with Crippen molar-refractivity contribution in [1.29, 1.82) is 0 Å². The van der Waals surface area contributed by atoms with Gasteiger partial charge in [0.25, 0.3) is 6.47 Å². The van der Waals surface area contributed by atoms with Crippen LogP contribution in [0.25, 0.3) is 11.0 Å². The minimum Gasteiger partial charge on any atom is -0.483 e. The van der Waals surface area contributed by atoms with E-state index < -0.39 is 5.97 Å². The Morgan fingerprint density at radius 1 is 1.23 bits per heavy atom. The number of aromatic amines is 1. The lowest BCUT2D eigenvalue weighted by molar-refractivity contribution is -0.137. The Morgan fingerprint density at radius 3 is 2.65 bits per heavy atom. The molecule has 2 atom stereocenters. The lowest BCUT2D eigenvalue weighted by atomic mass is 9.84. The van der Waals surface area contributed by atoms with Crippen molar-refractivity contribution in [2.24, 2.45) is 7.05 Å². The summed E-state index contributed by atoms with van der Waals surface area (Å²) in [7, 11) is 1.86. The highest BCUT2D eigenvalue weighted by Crippen LogP contribution is 2.36. The topological polar surface area (TPSA) is 150 Å². The van der Waals surface area contributed by atoms with Gasteiger partial charge in [0.15, 0.2) is 5.82 Å². The fourth-order valence-electron chi connectivity index (χ4n) is 5.53. The average molecular weight is 548 g/mol. The van der Waals surface area contributed by atoms with Crippen molar-refractivity contribution < 1.29 is 19.8 Å². The van der Waals surface area contributed by atoms with Crippen molar-refractivity contribution in [3.8, 4) is 0 Å². The van der Waals surface area contributed by atoms with Crippen LogP contribution < -0.4 is 0 Å². The Balaban J connectivity index is 0.00000118. The van der Waals surface area contributed by atoms with E-state index in [1.54, 1.807) is 4.68 Å². The van der Waals surface area contributed by atoms with Crippen LogP contribution in [0.4, 0.5) is 0 Å². The first-order chi connectivity index (χ1) is 19.1. The third-order valence-corrected chi connectivity index (χ3v) is 7.70. The summed E-state index contributed by atoms with van der Waals surface area (Å²) in [6.45, 7) is 9.86. The van der Waals surface area contributed by atoms with Crippen molar-refractivity contribution in [3.63, 3.8) is 0 Å². The number of hydrogen-bond donors (Lipinski definition) is 3. The molecule has 0 saturated carbocycles. The van der Waals surface area contributed by atoms with Crippen LogP contribution in [0.15, 0.2) is 30.3 Å². The van der Waals surface area contributed by atoms with Crippen LogP contribution in [0.5, 0.6) is 0 Å². The Bertz CT molecular complexity index is 1490. The molecule has 11 nitrogen and oxygen atoms in total. The van der Waals surface area contributed by atoms with E-state index in [0.29, 0.717) is 0 Å². The van der Waals surface area contributed by atoms with Crippen LogP contribution in [-0.4, -0.2) is 64.3 Å². The van der Waals surface area contributed by atoms with E-state index in [1.807, 2.05) is 26.1 Å². The number of aliphatic carboxylic acids is 1. The number of nitrogens with one attached hydrogen (secondary N) is 1. The lowest BCUT2D eigenvalue weighted by Crippen LogP contribution is -2.24. The number of benzene rings is 2. The normalized spacial score (nSPS) is 16.2. The number of H-pyrrole nitrogens is 1. The molecule has 1 aliphatic rings. The molecule has 11 heteroatoms. The van der Waals surface area contributed by atoms with Crippen molar-refractivity contribution >= 4 is 23.5 Å². The number of hydrogen-bond acceptors (Lipinski definition) is 7. The second kappa shape index (κ2) is 12.4. The average Bonchev–Trinajstić information content (AvgIpc) is 3.65. The van der Waals surface area contributed by atoms with Crippen LogP contribution in [0, 0.1) is 13.8 Å². The van der Waals surface area contributed by atoms with Crippen molar-refractivity contribution in [2.45, 2.75) is 71.4 Å². The summed E-state index contributed by atoms with van der Waals surface area (Å²) >= 11 is 0. The van der Waals surface area contributed by atoms with E-state index in [1.165, 1.54) is 11.1 Å². The molecule has 0 aliphatic carbocycles. The maximum absolute atomic E-state index is 12.0. The number of nitrogens with zero attached hydrogens (tertiary/aromatic N) is 6. The van der Waals surface area contributed by atoms with Crippen LogP contribution in [0.1, 0.15) is 90.5 Å². The fraction of sp³-hybridized carbons (Fsp3) is 0.448. The van der Waals surface area contributed by atoms with Gasteiger partial charge in [0.05, 0.1) is 18.0 Å². The maximum atomic E-state index is 12.0. The molecule has 4 aromatic rings. The number of carbonyl (C=O) groups is 2. The van der Waals surface area contributed by atoms with Crippen molar-refractivity contribution in [3.05, 3.63) is 69.8 Å². The summed E-state index contributed by atoms with van der Waals surface area (Å²) in [4.78, 5) is 27.6. The standard InChI is InChI=1S/C28H35N7O2.CH2O2/c1-16(2)27-29-28(32-31-27)24-7-6-12-35(24)15-20-13-19(9-8-17(20)3)22(14-25(36)37)21-10-11-23-26(18(21)4)30-33-34(23)5;2-1-3/h8-11,13,16,22,24H,6-7,12,14-15H2,1-5H3,(H,36,37)(H,29,31,32);1H,(H,2,3). The first kappa shape index (κ1) is 28.9. The first-order valence-electron chi connectivity index (χ1n) is 13.5. The molecule has 2 aromatic carbocycles. The quantitative estimate of drug-likeness (QED) is 0.271. The van der Waals surface area contributed by atoms with Crippen LogP contribution >= 0.6 is 0 Å². The Kier molecular flexibility index (Phi) is 8.93. The van der Waals surface area contributed by atoms with Gasteiger partial charge in [0, 0.05) is 25.4 Å². The highest BCUT2D eigenvalue weighted by molar-refractivity contribution is 5.80. The van der Waals surface area contributed by atoms with E-state index in [2.05, 4.69) is 64.4 Å². The molecule has 3 N–H and O–H groups in total. The molecule has 0 radical (unpaired) electrons. The zero-order valence-electron chi connectivity index (χ0n) is 23.6. The highest BCUT2D eigenvalue weighted by Gasteiger charge is 2.30. The predicted molar refractivity (Wildman–Crippen MR) is 150 cm³/mol.